The molecule has 0 saturated heterocycles. The number of nitrogen functional groups attached to an aromatic ring is 1. The summed E-state index contributed by atoms with van der Waals surface area (Å²) in [5.41, 5.74) is 7.68. The standard InChI is InChI=1S/C11H14BrN3/c1-15(7-3-6-13)8-9-4-2-5-10(14)11(9)12/h2,4-5H,3,7-8,14H2,1H3. The van der Waals surface area contributed by atoms with Crippen molar-refractivity contribution in [1.29, 1.82) is 5.26 Å². The maximum absolute atomic E-state index is 8.47. The van der Waals surface area contributed by atoms with E-state index in [-0.39, 0.29) is 0 Å². The Kier molecular flexibility index (Phi) is 4.60. The Morgan fingerprint density at radius 2 is 2.27 bits per heavy atom. The van der Waals surface area contributed by atoms with Gasteiger partial charge in [0.25, 0.3) is 0 Å². The third-order valence-corrected chi connectivity index (χ3v) is 3.12. The summed E-state index contributed by atoms with van der Waals surface area (Å²) in [6.45, 7) is 1.57. The van der Waals surface area contributed by atoms with E-state index in [4.69, 9.17) is 11.0 Å². The molecule has 1 aromatic rings. The summed E-state index contributed by atoms with van der Waals surface area (Å²) in [6, 6.07) is 7.97. The van der Waals surface area contributed by atoms with Gasteiger partial charge in [-0.05, 0) is 34.6 Å². The minimum atomic E-state index is 0.552. The summed E-state index contributed by atoms with van der Waals surface area (Å²) in [4.78, 5) is 2.10. The van der Waals surface area contributed by atoms with Gasteiger partial charge in [-0.25, -0.2) is 0 Å². The predicted octanol–water partition coefficient (Wildman–Crippen LogP) is 2.38. The van der Waals surface area contributed by atoms with Crippen LogP contribution in [0.15, 0.2) is 22.7 Å². The molecule has 15 heavy (non-hydrogen) atoms. The van der Waals surface area contributed by atoms with Gasteiger partial charge in [0.1, 0.15) is 0 Å². The van der Waals surface area contributed by atoms with E-state index in [9.17, 15) is 0 Å². The molecule has 1 aromatic carbocycles. The van der Waals surface area contributed by atoms with Crippen molar-refractivity contribution in [2.24, 2.45) is 0 Å². The monoisotopic (exact) mass is 267 g/mol. The highest BCUT2D eigenvalue weighted by Gasteiger charge is 2.05. The number of hydrogen-bond donors (Lipinski definition) is 1. The summed E-state index contributed by atoms with van der Waals surface area (Å²) >= 11 is 3.46. The van der Waals surface area contributed by atoms with Crippen molar-refractivity contribution in [2.75, 3.05) is 19.3 Å². The lowest BCUT2D eigenvalue weighted by Gasteiger charge is -2.16. The highest BCUT2D eigenvalue weighted by atomic mass is 79.9. The molecule has 2 N–H and O–H groups in total. The molecule has 0 amide bonds. The summed E-state index contributed by atoms with van der Waals surface area (Å²) in [6.07, 6.45) is 0.552. The zero-order valence-corrected chi connectivity index (χ0v) is 10.3. The number of hydrogen-bond acceptors (Lipinski definition) is 3. The van der Waals surface area contributed by atoms with E-state index < -0.39 is 0 Å². The van der Waals surface area contributed by atoms with Crippen LogP contribution >= 0.6 is 15.9 Å². The molecule has 0 aromatic heterocycles. The fourth-order valence-electron chi connectivity index (χ4n) is 1.33. The van der Waals surface area contributed by atoms with Crippen molar-refractivity contribution < 1.29 is 0 Å². The molecule has 0 spiro atoms. The normalized spacial score (nSPS) is 10.3. The number of anilines is 1. The largest absolute Gasteiger partial charge is 0.398 e. The molecule has 0 heterocycles. The molecule has 0 saturated carbocycles. The molecule has 3 nitrogen and oxygen atoms in total. The van der Waals surface area contributed by atoms with Gasteiger partial charge < -0.3 is 10.6 Å². The highest BCUT2D eigenvalue weighted by molar-refractivity contribution is 9.10. The lowest BCUT2D eigenvalue weighted by atomic mass is 10.2. The molecule has 0 aliphatic heterocycles. The number of nitrogens with two attached hydrogens (primary N) is 1. The second kappa shape index (κ2) is 5.74. The molecule has 1 rings (SSSR count). The Bertz CT molecular complexity index is 371. The van der Waals surface area contributed by atoms with Crippen LogP contribution in [0.4, 0.5) is 5.69 Å². The second-order valence-corrected chi connectivity index (χ2v) is 4.26. The zero-order valence-electron chi connectivity index (χ0n) is 8.70. The van der Waals surface area contributed by atoms with Gasteiger partial charge in [-0.2, -0.15) is 5.26 Å². The molecule has 80 valence electrons. The Morgan fingerprint density at radius 3 is 2.93 bits per heavy atom. The van der Waals surface area contributed by atoms with Gasteiger partial charge in [-0.1, -0.05) is 12.1 Å². The van der Waals surface area contributed by atoms with Crippen molar-refractivity contribution >= 4 is 21.6 Å². The molecule has 0 aliphatic carbocycles. The molecule has 0 aliphatic rings. The fraction of sp³-hybridized carbons (Fsp3) is 0.364. The van der Waals surface area contributed by atoms with E-state index >= 15 is 0 Å². The van der Waals surface area contributed by atoms with Crippen LogP contribution in [0.5, 0.6) is 0 Å². The van der Waals surface area contributed by atoms with Crippen LogP contribution in [0.3, 0.4) is 0 Å². The number of nitriles is 1. The maximum atomic E-state index is 8.47. The van der Waals surface area contributed by atoms with Crippen LogP contribution in [0.1, 0.15) is 12.0 Å². The van der Waals surface area contributed by atoms with Crippen LogP contribution in [-0.4, -0.2) is 18.5 Å². The van der Waals surface area contributed by atoms with E-state index in [2.05, 4.69) is 26.9 Å². The first-order valence-electron chi connectivity index (χ1n) is 4.73. The van der Waals surface area contributed by atoms with Crippen molar-refractivity contribution in [3.05, 3.63) is 28.2 Å². The van der Waals surface area contributed by atoms with Crippen LogP contribution in [0.2, 0.25) is 0 Å². The number of benzene rings is 1. The first-order chi connectivity index (χ1) is 7.15. The molecular weight excluding hydrogens is 254 g/mol. The van der Waals surface area contributed by atoms with Gasteiger partial charge in [0.2, 0.25) is 0 Å². The molecule has 0 radical (unpaired) electrons. The van der Waals surface area contributed by atoms with Gasteiger partial charge in [-0.15, -0.1) is 0 Å². The lowest BCUT2D eigenvalue weighted by molar-refractivity contribution is 0.334. The zero-order chi connectivity index (χ0) is 11.3. The van der Waals surface area contributed by atoms with E-state index in [0.717, 1.165) is 28.8 Å². The maximum Gasteiger partial charge on any atom is 0.0635 e. The fourth-order valence-corrected chi connectivity index (χ4v) is 1.72. The third-order valence-electron chi connectivity index (χ3n) is 2.15. The van der Waals surface area contributed by atoms with Crippen LogP contribution in [0.25, 0.3) is 0 Å². The van der Waals surface area contributed by atoms with Gasteiger partial charge in [0.15, 0.2) is 0 Å². The number of nitrogens with zero attached hydrogens (tertiary/aromatic N) is 2. The Labute approximate surface area is 98.6 Å². The SMILES string of the molecule is CN(CCC#N)Cc1cccc(N)c1Br. The third kappa shape index (κ3) is 3.54. The Balaban J connectivity index is 2.65. The Morgan fingerprint density at radius 1 is 1.53 bits per heavy atom. The molecular formula is C11H14BrN3. The van der Waals surface area contributed by atoms with Crippen molar-refractivity contribution in [3.8, 4) is 6.07 Å². The summed E-state index contributed by atoms with van der Waals surface area (Å²) in [5.74, 6) is 0. The van der Waals surface area contributed by atoms with Crippen molar-refractivity contribution in [1.82, 2.24) is 4.90 Å². The average molecular weight is 268 g/mol. The summed E-state index contributed by atoms with van der Waals surface area (Å²) in [7, 11) is 1.99. The minimum Gasteiger partial charge on any atom is -0.398 e. The van der Waals surface area contributed by atoms with Gasteiger partial charge in [-0.3, -0.25) is 0 Å². The highest BCUT2D eigenvalue weighted by Crippen LogP contribution is 2.24. The van der Waals surface area contributed by atoms with E-state index in [0.29, 0.717) is 6.42 Å². The quantitative estimate of drug-likeness (QED) is 0.853. The lowest BCUT2D eigenvalue weighted by Crippen LogP contribution is -2.19. The van der Waals surface area contributed by atoms with Crippen LogP contribution in [-0.2, 0) is 6.54 Å². The predicted molar refractivity (Wildman–Crippen MR) is 65.1 cm³/mol. The van der Waals surface area contributed by atoms with E-state index in [1.54, 1.807) is 0 Å². The van der Waals surface area contributed by atoms with Gasteiger partial charge in [0.05, 0.1) is 6.07 Å². The summed E-state index contributed by atoms with van der Waals surface area (Å²) in [5, 5.41) is 8.47. The van der Waals surface area contributed by atoms with Crippen LogP contribution in [0, 0.1) is 11.3 Å². The molecule has 0 atom stereocenters. The minimum absolute atomic E-state index is 0.552. The Hall–Kier alpha value is -1.05. The van der Waals surface area contributed by atoms with E-state index in [1.165, 1.54) is 0 Å². The second-order valence-electron chi connectivity index (χ2n) is 3.47. The van der Waals surface area contributed by atoms with Crippen molar-refractivity contribution in [2.45, 2.75) is 13.0 Å². The van der Waals surface area contributed by atoms with Gasteiger partial charge in [0, 0.05) is 29.7 Å². The molecule has 0 unspecified atom stereocenters. The van der Waals surface area contributed by atoms with Gasteiger partial charge >= 0.3 is 0 Å². The first-order valence-corrected chi connectivity index (χ1v) is 5.53. The molecule has 4 heteroatoms. The number of rotatable bonds is 4. The van der Waals surface area contributed by atoms with E-state index in [1.807, 2.05) is 25.2 Å². The van der Waals surface area contributed by atoms with Crippen molar-refractivity contribution in [3.63, 3.8) is 0 Å². The molecule has 0 bridgehead atoms. The molecule has 0 fully saturated rings. The first kappa shape index (κ1) is 12.0. The number of halogens is 1. The summed E-state index contributed by atoms with van der Waals surface area (Å²) < 4.78 is 0.953. The topological polar surface area (TPSA) is 53.0 Å². The van der Waals surface area contributed by atoms with Crippen LogP contribution < -0.4 is 5.73 Å². The smallest absolute Gasteiger partial charge is 0.0635 e. The average Bonchev–Trinajstić information content (AvgIpc) is 2.22.